The van der Waals surface area contributed by atoms with Crippen LogP contribution in [0, 0.1) is 6.92 Å². The lowest BCUT2D eigenvalue weighted by molar-refractivity contribution is 0.570. The number of para-hydroxylation sites is 1. The maximum absolute atomic E-state index is 4.62. The molecule has 3 aromatic rings. The molecule has 1 unspecified atom stereocenters. The number of fused-ring (bicyclic) bond motifs is 1. The highest BCUT2D eigenvalue weighted by molar-refractivity contribution is 5.82. The number of hydrogen-bond donors (Lipinski definition) is 1. The van der Waals surface area contributed by atoms with Crippen LogP contribution in [0.25, 0.3) is 10.9 Å². The van der Waals surface area contributed by atoms with Crippen molar-refractivity contribution in [1.29, 1.82) is 0 Å². The summed E-state index contributed by atoms with van der Waals surface area (Å²) in [5.74, 6) is 0.983. The van der Waals surface area contributed by atoms with Crippen molar-refractivity contribution in [2.45, 2.75) is 32.4 Å². The highest BCUT2D eigenvalue weighted by Crippen LogP contribution is 2.23. The van der Waals surface area contributed by atoms with E-state index in [1.165, 1.54) is 23.8 Å². The van der Waals surface area contributed by atoms with Gasteiger partial charge in [0.15, 0.2) is 5.82 Å². The van der Waals surface area contributed by atoms with Gasteiger partial charge in [-0.15, -0.1) is 5.10 Å². The molecular formula is C20H23N5. The summed E-state index contributed by atoms with van der Waals surface area (Å²) in [6, 6.07) is 15.0. The van der Waals surface area contributed by atoms with Gasteiger partial charge in [-0.05, 0) is 49.6 Å². The van der Waals surface area contributed by atoms with E-state index in [9.17, 15) is 0 Å². The van der Waals surface area contributed by atoms with E-state index in [2.05, 4.69) is 56.6 Å². The third-order valence-electron chi connectivity index (χ3n) is 4.85. The number of nitrogens with one attached hydrogen (secondary N) is 1. The molecule has 2 aromatic heterocycles. The molecule has 0 aliphatic carbocycles. The van der Waals surface area contributed by atoms with E-state index >= 15 is 0 Å². The number of nitrogens with zero attached hydrogens (tertiary/aromatic N) is 4. The summed E-state index contributed by atoms with van der Waals surface area (Å²) in [6.07, 6.45) is 4.13. The van der Waals surface area contributed by atoms with E-state index in [4.69, 9.17) is 0 Å². The van der Waals surface area contributed by atoms with Gasteiger partial charge in [0.05, 0.1) is 5.52 Å². The molecule has 1 atom stereocenters. The van der Waals surface area contributed by atoms with Crippen LogP contribution < -0.4 is 10.2 Å². The van der Waals surface area contributed by atoms with Gasteiger partial charge in [0.1, 0.15) is 0 Å². The number of pyridine rings is 1. The number of hydrogen-bond acceptors (Lipinski definition) is 5. The van der Waals surface area contributed by atoms with Crippen LogP contribution in [0.5, 0.6) is 0 Å². The molecule has 5 heteroatoms. The van der Waals surface area contributed by atoms with Crippen molar-refractivity contribution >= 4 is 16.7 Å². The second kappa shape index (κ2) is 7.15. The first-order valence-corrected chi connectivity index (χ1v) is 8.91. The number of rotatable bonds is 5. The molecule has 128 valence electrons. The van der Waals surface area contributed by atoms with Gasteiger partial charge in [-0.1, -0.05) is 18.2 Å². The third-order valence-corrected chi connectivity index (χ3v) is 4.85. The van der Waals surface area contributed by atoms with Crippen LogP contribution in [0.15, 0.2) is 48.7 Å². The lowest BCUT2D eigenvalue weighted by Crippen LogP contribution is -2.38. The third kappa shape index (κ3) is 3.46. The molecule has 0 saturated carbocycles. The SMILES string of the molecule is Cc1cc(CNCC2CCCN2c2cccnn2)c2ccccc2n1. The molecule has 4 rings (SSSR count). The maximum atomic E-state index is 4.62. The number of aryl methyl sites for hydroxylation is 1. The molecule has 0 radical (unpaired) electrons. The molecule has 25 heavy (non-hydrogen) atoms. The van der Waals surface area contributed by atoms with E-state index < -0.39 is 0 Å². The van der Waals surface area contributed by atoms with Crippen LogP contribution in [0.1, 0.15) is 24.1 Å². The molecule has 1 fully saturated rings. The normalized spacial score (nSPS) is 17.3. The Labute approximate surface area is 148 Å². The van der Waals surface area contributed by atoms with E-state index in [1.807, 2.05) is 18.2 Å². The van der Waals surface area contributed by atoms with Gasteiger partial charge in [0.25, 0.3) is 0 Å². The van der Waals surface area contributed by atoms with Crippen molar-refractivity contribution in [3.63, 3.8) is 0 Å². The van der Waals surface area contributed by atoms with Crippen LogP contribution in [0.3, 0.4) is 0 Å². The summed E-state index contributed by atoms with van der Waals surface area (Å²) < 4.78 is 0. The highest BCUT2D eigenvalue weighted by atomic mass is 15.3. The zero-order chi connectivity index (χ0) is 17.1. The summed E-state index contributed by atoms with van der Waals surface area (Å²) in [7, 11) is 0. The summed E-state index contributed by atoms with van der Waals surface area (Å²) in [5, 5.41) is 13.2. The molecule has 3 heterocycles. The lowest BCUT2D eigenvalue weighted by atomic mass is 10.1. The van der Waals surface area contributed by atoms with Gasteiger partial charge in [0.2, 0.25) is 0 Å². The first-order valence-electron chi connectivity index (χ1n) is 8.91. The summed E-state index contributed by atoms with van der Waals surface area (Å²) in [6.45, 7) is 4.92. The molecule has 1 aromatic carbocycles. The minimum absolute atomic E-state index is 0.478. The van der Waals surface area contributed by atoms with Gasteiger partial charge in [-0.25, -0.2) is 0 Å². The largest absolute Gasteiger partial charge is 0.351 e. The van der Waals surface area contributed by atoms with Crippen molar-refractivity contribution in [2.24, 2.45) is 0 Å². The Morgan fingerprint density at radius 1 is 1.20 bits per heavy atom. The number of benzene rings is 1. The highest BCUT2D eigenvalue weighted by Gasteiger charge is 2.25. The number of aromatic nitrogens is 3. The van der Waals surface area contributed by atoms with Gasteiger partial charge < -0.3 is 10.2 Å². The fourth-order valence-electron chi connectivity index (χ4n) is 3.71. The minimum Gasteiger partial charge on any atom is -0.351 e. The van der Waals surface area contributed by atoms with Crippen molar-refractivity contribution < 1.29 is 0 Å². The van der Waals surface area contributed by atoms with Gasteiger partial charge in [-0.3, -0.25) is 4.98 Å². The fraction of sp³-hybridized carbons (Fsp3) is 0.350. The molecule has 5 nitrogen and oxygen atoms in total. The summed E-state index contributed by atoms with van der Waals surface area (Å²) >= 11 is 0. The topological polar surface area (TPSA) is 53.9 Å². The molecule has 0 spiro atoms. The second-order valence-corrected chi connectivity index (χ2v) is 6.64. The Balaban J connectivity index is 1.44. The quantitative estimate of drug-likeness (QED) is 0.777. The standard InChI is InChI=1S/C20H23N5/c1-15-12-16(18-7-2-3-8-19(18)23-15)13-21-14-17-6-5-11-25(17)20-9-4-10-22-24-20/h2-4,7-10,12,17,21H,5-6,11,13-14H2,1H3. The molecule has 0 amide bonds. The molecular weight excluding hydrogens is 310 g/mol. The van der Waals surface area contributed by atoms with Crippen molar-refractivity contribution in [1.82, 2.24) is 20.5 Å². The molecule has 1 saturated heterocycles. The predicted octanol–water partition coefficient (Wildman–Crippen LogP) is 3.09. The molecule has 1 aliphatic heterocycles. The Kier molecular flexibility index (Phi) is 4.57. The van der Waals surface area contributed by atoms with Gasteiger partial charge in [-0.2, -0.15) is 5.10 Å². The average molecular weight is 333 g/mol. The van der Waals surface area contributed by atoms with Crippen LogP contribution in [-0.2, 0) is 6.54 Å². The van der Waals surface area contributed by atoms with Gasteiger partial charge >= 0.3 is 0 Å². The summed E-state index contributed by atoms with van der Waals surface area (Å²) in [5.41, 5.74) is 3.45. The van der Waals surface area contributed by atoms with E-state index in [0.29, 0.717) is 6.04 Å². The smallest absolute Gasteiger partial charge is 0.151 e. The minimum atomic E-state index is 0.478. The second-order valence-electron chi connectivity index (χ2n) is 6.64. The van der Waals surface area contributed by atoms with Crippen LogP contribution in [0.4, 0.5) is 5.82 Å². The van der Waals surface area contributed by atoms with Crippen molar-refractivity contribution in [3.8, 4) is 0 Å². The molecule has 0 bridgehead atoms. The average Bonchev–Trinajstić information content (AvgIpc) is 3.11. The zero-order valence-electron chi connectivity index (χ0n) is 14.5. The first-order chi connectivity index (χ1) is 12.3. The monoisotopic (exact) mass is 333 g/mol. The molecule has 1 aliphatic rings. The Morgan fingerprint density at radius 2 is 2.12 bits per heavy atom. The zero-order valence-corrected chi connectivity index (χ0v) is 14.5. The first kappa shape index (κ1) is 16.0. The Morgan fingerprint density at radius 3 is 3.00 bits per heavy atom. The van der Waals surface area contributed by atoms with E-state index in [0.717, 1.165) is 36.7 Å². The van der Waals surface area contributed by atoms with Crippen LogP contribution >= 0.6 is 0 Å². The predicted molar refractivity (Wildman–Crippen MR) is 101 cm³/mol. The van der Waals surface area contributed by atoms with Crippen LogP contribution in [0.2, 0.25) is 0 Å². The van der Waals surface area contributed by atoms with Crippen molar-refractivity contribution in [2.75, 3.05) is 18.0 Å². The molecule has 1 N–H and O–H groups in total. The summed E-state index contributed by atoms with van der Waals surface area (Å²) in [4.78, 5) is 6.99. The fourth-order valence-corrected chi connectivity index (χ4v) is 3.71. The van der Waals surface area contributed by atoms with Crippen molar-refractivity contribution in [3.05, 3.63) is 59.9 Å². The Hall–Kier alpha value is -2.53. The van der Waals surface area contributed by atoms with Crippen LogP contribution in [-0.4, -0.2) is 34.3 Å². The maximum Gasteiger partial charge on any atom is 0.151 e. The van der Waals surface area contributed by atoms with Gasteiger partial charge in [0, 0.05) is 43.0 Å². The number of anilines is 1. The van der Waals surface area contributed by atoms with E-state index in [1.54, 1.807) is 6.20 Å². The lowest BCUT2D eigenvalue weighted by Gasteiger charge is -2.25. The van der Waals surface area contributed by atoms with E-state index in [-0.39, 0.29) is 0 Å². The Bertz CT molecular complexity index is 849.